The van der Waals surface area contributed by atoms with Gasteiger partial charge in [0.1, 0.15) is 0 Å². The molecule has 4 nitrogen and oxygen atoms in total. The summed E-state index contributed by atoms with van der Waals surface area (Å²) < 4.78 is 42.5. The average Bonchev–Trinajstić information content (AvgIpc) is 2.82. The molecule has 0 aliphatic carbocycles. The average molecular weight is 308 g/mol. The van der Waals surface area contributed by atoms with E-state index < -0.39 is 12.7 Å². The molecule has 0 spiro atoms. The van der Waals surface area contributed by atoms with Crippen molar-refractivity contribution < 1.29 is 22.7 Å². The highest BCUT2D eigenvalue weighted by Gasteiger charge is 2.35. The van der Waals surface area contributed by atoms with Gasteiger partial charge in [0.25, 0.3) is 0 Å². The highest BCUT2D eigenvalue weighted by molar-refractivity contribution is 5.78. The number of ether oxygens (including phenoxy) is 1. The minimum Gasteiger partial charge on any atom is -0.373 e. The molecule has 2 aliphatic heterocycles. The van der Waals surface area contributed by atoms with Gasteiger partial charge >= 0.3 is 6.18 Å². The Balaban J connectivity index is 1.70. The van der Waals surface area contributed by atoms with Gasteiger partial charge in [0.2, 0.25) is 5.91 Å². The summed E-state index contributed by atoms with van der Waals surface area (Å²) in [6.07, 6.45) is -1.26. The third-order valence-electron chi connectivity index (χ3n) is 4.30. The zero-order valence-electron chi connectivity index (χ0n) is 12.3. The van der Waals surface area contributed by atoms with E-state index in [-0.39, 0.29) is 17.4 Å². The summed E-state index contributed by atoms with van der Waals surface area (Å²) in [7, 11) is 0. The molecule has 21 heavy (non-hydrogen) atoms. The molecule has 0 radical (unpaired) electrons. The number of nitrogens with one attached hydrogen (secondary N) is 1. The van der Waals surface area contributed by atoms with Crippen molar-refractivity contribution >= 4 is 5.91 Å². The summed E-state index contributed by atoms with van der Waals surface area (Å²) in [5.74, 6) is -0.238. The number of rotatable bonds is 4. The SMILES string of the molecule is C[C@]1(CNC(=O)C2CCN(CC(F)(F)F)CC2)CCCO1. The zero-order valence-corrected chi connectivity index (χ0v) is 12.3. The highest BCUT2D eigenvalue weighted by atomic mass is 19.4. The third kappa shape index (κ3) is 5.14. The largest absolute Gasteiger partial charge is 0.401 e. The van der Waals surface area contributed by atoms with Gasteiger partial charge in [0, 0.05) is 19.1 Å². The van der Waals surface area contributed by atoms with Crippen molar-refractivity contribution in [1.82, 2.24) is 10.2 Å². The van der Waals surface area contributed by atoms with E-state index in [0.29, 0.717) is 32.5 Å². The Morgan fingerprint density at radius 2 is 2.05 bits per heavy atom. The first kappa shape index (κ1) is 16.5. The molecule has 0 aromatic carbocycles. The van der Waals surface area contributed by atoms with Gasteiger partial charge in [-0.2, -0.15) is 13.2 Å². The predicted molar refractivity (Wildman–Crippen MR) is 71.8 cm³/mol. The molecule has 0 saturated carbocycles. The zero-order chi connectivity index (χ0) is 15.5. The Bertz CT molecular complexity index is 360. The molecule has 2 saturated heterocycles. The van der Waals surface area contributed by atoms with E-state index in [1.165, 1.54) is 4.90 Å². The van der Waals surface area contributed by atoms with Crippen LogP contribution < -0.4 is 5.32 Å². The molecule has 7 heteroatoms. The van der Waals surface area contributed by atoms with Crippen LogP contribution in [0.4, 0.5) is 13.2 Å². The van der Waals surface area contributed by atoms with Crippen molar-refractivity contribution in [2.75, 3.05) is 32.8 Å². The van der Waals surface area contributed by atoms with Crippen LogP contribution in [-0.4, -0.2) is 55.4 Å². The van der Waals surface area contributed by atoms with Gasteiger partial charge in [0.05, 0.1) is 12.1 Å². The Hall–Kier alpha value is -0.820. The molecular weight excluding hydrogens is 285 g/mol. The first-order valence-corrected chi connectivity index (χ1v) is 7.48. The van der Waals surface area contributed by atoms with E-state index in [0.717, 1.165) is 19.4 Å². The molecule has 0 bridgehead atoms. The molecule has 0 unspecified atom stereocenters. The number of piperidine rings is 1. The molecule has 2 heterocycles. The molecule has 0 aromatic rings. The van der Waals surface area contributed by atoms with Crippen molar-refractivity contribution in [2.24, 2.45) is 5.92 Å². The molecule has 1 atom stereocenters. The Morgan fingerprint density at radius 3 is 2.57 bits per heavy atom. The second kappa shape index (κ2) is 6.52. The minimum absolute atomic E-state index is 0.0571. The summed E-state index contributed by atoms with van der Waals surface area (Å²) in [5.41, 5.74) is -0.285. The van der Waals surface area contributed by atoms with Gasteiger partial charge in [-0.05, 0) is 45.7 Å². The highest BCUT2D eigenvalue weighted by Crippen LogP contribution is 2.25. The van der Waals surface area contributed by atoms with E-state index in [1.807, 2.05) is 6.92 Å². The van der Waals surface area contributed by atoms with E-state index >= 15 is 0 Å². The van der Waals surface area contributed by atoms with Crippen LogP contribution in [0.3, 0.4) is 0 Å². The fraction of sp³-hybridized carbons (Fsp3) is 0.929. The summed E-state index contributed by atoms with van der Waals surface area (Å²) in [4.78, 5) is 13.4. The molecule has 2 rings (SSSR count). The Morgan fingerprint density at radius 1 is 1.38 bits per heavy atom. The fourth-order valence-electron chi connectivity index (χ4n) is 3.00. The van der Waals surface area contributed by atoms with Crippen LogP contribution in [-0.2, 0) is 9.53 Å². The van der Waals surface area contributed by atoms with Crippen molar-refractivity contribution in [2.45, 2.75) is 44.4 Å². The van der Waals surface area contributed by atoms with E-state index in [1.54, 1.807) is 0 Å². The third-order valence-corrected chi connectivity index (χ3v) is 4.30. The lowest BCUT2D eigenvalue weighted by Gasteiger charge is -2.32. The Kier molecular flexibility index (Phi) is 5.14. The molecule has 122 valence electrons. The topological polar surface area (TPSA) is 41.6 Å². The Labute approximate surface area is 123 Å². The van der Waals surface area contributed by atoms with Crippen molar-refractivity contribution in [3.63, 3.8) is 0 Å². The maximum atomic E-state index is 12.3. The van der Waals surface area contributed by atoms with E-state index in [2.05, 4.69) is 5.32 Å². The van der Waals surface area contributed by atoms with Gasteiger partial charge in [-0.1, -0.05) is 0 Å². The maximum absolute atomic E-state index is 12.3. The van der Waals surface area contributed by atoms with Gasteiger partial charge in [-0.25, -0.2) is 0 Å². The quantitative estimate of drug-likeness (QED) is 0.863. The lowest BCUT2D eigenvalue weighted by Crippen LogP contribution is -2.46. The van der Waals surface area contributed by atoms with Gasteiger partial charge in [-0.15, -0.1) is 0 Å². The lowest BCUT2D eigenvalue weighted by atomic mass is 9.95. The number of alkyl halides is 3. The van der Waals surface area contributed by atoms with Crippen molar-refractivity contribution in [1.29, 1.82) is 0 Å². The van der Waals surface area contributed by atoms with Crippen LogP contribution in [0.2, 0.25) is 0 Å². The first-order valence-electron chi connectivity index (χ1n) is 7.48. The van der Waals surface area contributed by atoms with Crippen LogP contribution >= 0.6 is 0 Å². The van der Waals surface area contributed by atoms with Crippen LogP contribution in [0, 0.1) is 5.92 Å². The van der Waals surface area contributed by atoms with Crippen LogP contribution in [0.15, 0.2) is 0 Å². The fourth-order valence-corrected chi connectivity index (χ4v) is 3.00. The smallest absolute Gasteiger partial charge is 0.373 e. The van der Waals surface area contributed by atoms with E-state index in [4.69, 9.17) is 4.74 Å². The number of carbonyl (C=O) groups is 1. The summed E-state index contributed by atoms with van der Waals surface area (Å²) in [5, 5.41) is 2.89. The second-order valence-corrected chi connectivity index (χ2v) is 6.29. The summed E-state index contributed by atoms with van der Waals surface area (Å²) in [6.45, 7) is 2.95. The van der Waals surface area contributed by atoms with E-state index in [9.17, 15) is 18.0 Å². The van der Waals surface area contributed by atoms with Gasteiger partial charge < -0.3 is 10.1 Å². The molecule has 2 aliphatic rings. The summed E-state index contributed by atoms with van der Waals surface area (Å²) in [6, 6.07) is 0. The number of halogens is 3. The monoisotopic (exact) mass is 308 g/mol. The van der Waals surface area contributed by atoms with Crippen LogP contribution in [0.5, 0.6) is 0 Å². The standard InChI is InChI=1S/C14H23F3N2O2/c1-13(5-2-8-21-13)9-18-12(20)11-3-6-19(7-4-11)10-14(15,16)17/h11H,2-10H2,1H3,(H,18,20)/t13-/m1/s1. The molecule has 2 fully saturated rings. The number of nitrogens with zero attached hydrogens (tertiary/aromatic N) is 1. The molecule has 0 aromatic heterocycles. The van der Waals surface area contributed by atoms with Gasteiger partial charge in [0.15, 0.2) is 0 Å². The number of hydrogen-bond acceptors (Lipinski definition) is 3. The van der Waals surface area contributed by atoms with Crippen molar-refractivity contribution in [3.05, 3.63) is 0 Å². The second-order valence-electron chi connectivity index (χ2n) is 6.29. The summed E-state index contributed by atoms with van der Waals surface area (Å²) >= 11 is 0. The first-order chi connectivity index (χ1) is 9.77. The molecular formula is C14H23F3N2O2. The maximum Gasteiger partial charge on any atom is 0.401 e. The number of carbonyl (C=O) groups excluding carboxylic acids is 1. The van der Waals surface area contributed by atoms with Gasteiger partial charge in [-0.3, -0.25) is 9.69 Å². The number of likely N-dealkylation sites (tertiary alicyclic amines) is 1. The predicted octanol–water partition coefficient (Wildman–Crippen LogP) is 1.95. The minimum atomic E-state index is -4.16. The van der Waals surface area contributed by atoms with Crippen LogP contribution in [0.1, 0.15) is 32.6 Å². The van der Waals surface area contributed by atoms with Crippen molar-refractivity contribution in [3.8, 4) is 0 Å². The normalized spacial score (nSPS) is 28.8. The van der Waals surface area contributed by atoms with Crippen LogP contribution in [0.25, 0.3) is 0 Å². The molecule has 1 N–H and O–H groups in total. The number of hydrogen-bond donors (Lipinski definition) is 1. The molecule has 1 amide bonds. The number of amides is 1. The lowest BCUT2D eigenvalue weighted by molar-refractivity contribution is -0.149.